The maximum absolute atomic E-state index is 12.9. The fourth-order valence-electron chi connectivity index (χ4n) is 2.22. The van der Waals surface area contributed by atoms with Crippen LogP contribution in [0.15, 0.2) is 24.3 Å². The van der Waals surface area contributed by atoms with Gasteiger partial charge in [0, 0.05) is 13.1 Å². The number of benzene rings is 1. The highest BCUT2D eigenvalue weighted by Gasteiger charge is 2.19. The molecule has 2 nitrogen and oxygen atoms in total. The molecule has 1 unspecified atom stereocenters. The quantitative estimate of drug-likeness (QED) is 0.870. The first kappa shape index (κ1) is 18.4. The van der Waals surface area contributed by atoms with Crippen molar-refractivity contribution >= 4 is 12.4 Å². The van der Waals surface area contributed by atoms with Crippen LogP contribution in [0, 0.1) is 11.2 Å². The Labute approximate surface area is 122 Å². The fraction of sp³-hybridized carbons (Fsp3) is 0.600. The van der Waals surface area contributed by atoms with Crippen molar-refractivity contribution in [1.82, 2.24) is 4.90 Å². The Morgan fingerprint density at radius 3 is 2.26 bits per heavy atom. The molecule has 19 heavy (non-hydrogen) atoms. The van der Waals surface area contributed by atoms with Crippen molar-refractivity contribution < 1.29 is 4.39 Å². The third-order valence-corrected chi connectivity index (χ3v) is 3.28. The second-order valence-electron chi connectivity index (χ2n) is 6.02. The van der Waals surface area contributed by atoms with Gasteiger partial charge in [0.1, 0.15) is 5.82 Å². The van der Waals surface area contributed by atoms with Crippen LogP contribution in [0.25, 0.3) is 0 Å². The van der Waals surface area contributed by atoms with Crippen molar-refractivity contribution in [2.75, 3.05) is 26.7 Å². The molecule has 0 bridgehead atoms. The van der Waals surface area contributed by atoms with Crippen LogP contribution >= 0.6 is 12.4 Å². The zero-order valence-electron chi connectivity index (χ0n) is 12.3. The van der Waals surface area contributed by atoms with E-state index in [0.29, 0.717) is 12.5 Å². The molecule has 0 aliphatic heterocycles. The van der Waals surface area contributed by atoms with Crippen molar-refractivity contribution in [3.05, 3.63) is 35.6 Å². The molecule has 0 saturated carbocycles. The largest absolute Gasteiger partial charge is 0.330 e. The van der Waals surface area contributed by atoms with Crippen molar-refractivity contribution in [3.63, 3.8) is 0 Å². The molecule has 0 spiro atoms. The topological polar surface area (TPSA) is 29.3 Å². The predicted molar refractivity (Wildman–Crippen MR) is 82.4 cm³/mol. The van der Waals surface area contributed by atoms with Gasteiger partial charge in [-0.3, -0.25) is 0 Å². The van der Waals surface area contributed by atoms with Gasteiger partial charge < -0.3 is 10.6 Å². The highest BCUT2D eigenvalue weighted by Crippen LogP contribution is 2.19. The van der Waals surface area contributed by atoms with E-state index in [1.807, 2.05) is 12.1 Å². The summed E-state index contributed by atoms with van der Waals surface area (Å²) < 4.78 is 12.9. The minimum atomic E-state index is -0.177. The van der Waals surface area contributed by atoms with E-state index in [1.165, 1.54) is 17.7 Å². The number of hydrogen-bond donors (Lipinski definition) is 1. The van der Waals surface area contributed by atoms with Gasteiger partial charge in [0.25, 0.3) is 0 Å². The lowest BCUT2D eigenvalue weighted by atomic mass is 9.92. The van der Waals surface area contributed by atoms with Gasteiger partial charge in [-0.2, -0.15) is 0 Å². The molecule has 0 aliphatic rings. The zero-order valence-corrected chi connectivity index (χ0v) is 13.1. The van der Waals surface area contributed by atoms with Crippen LogP contribution in [0.3, 0.4) is 0 Å². The van der Waals surface area contributed by atoms with Crippen LogP contribution in [0.1, 0.15) is 32.3 Å². The van der Waals surface area contributed by atoms with E-state index in [9.17, 15) is 4.39 Å². The minimum Gasteiger partial charge on any atom is -0.330 e. The molecule has 0 amide bonds. The Morgan fingerprint density at radius 1 is 1.26 bits per heavy atom. The zero-order chi connectivity index (χ0) is 13.8. The maximum Gasteiger partial charge on any atom is 0.123 e. The molecule has 1 rings (SSSR count). The number of nitrogens with zero attached hydrogens (tertiary/aromatic N) is 1. The molecule has 2 N–H and O–H groups in total. The van der Waals surface area contributed by atoms with E-state index in [0.717, 1.165) is 13.1 Å². The maximum atomic E-state index is 12.9. The Morgan fingerprint density at radius 2 is 1.79 bits per heavy atom. The Kier molecular flexibility index (Phi) is 7.57. The van der Waals surface area contributed by atoms with Crippen molar-refractivity contribution in [3.8, 4) is 0 Å². The minimum absolute atomic E-state index is 0. The summed E-state index contributed by atoms with van der Waals surface area (Å²) in [6.07, 6.45) is 0. The van der Waals surface area contributed by atoms with Crippen LogP contribution in [-0.4, -0.2) is 31.6 Å². The highest BCUT2D eigenvalue weighted by molar-refractivity contribution is 5.85. The number of halogens is 2. The van der Waals surface area contributed by atoms with Crippen molar-refractivity contribution in [1.29, 1.82) is 0 Å². The molecule has 0 heterocycles. The monoisotopic (exact) mass is 288 g/mol. The van der Waals surface area contributed by atoms with Gasteiger partial charge >= 0.3 is 0 Å². The Hall–Kier alpha value is -0.640. The molecule has 1 atom stereocenters. The third-order valence-electron chi connectivity index (χ3n) is 3.28. The molecular weight excluding hydrogens is 263 g/mol. The Bertz CT molecular complexity index is 365. The summed E-state index contributed by atoms with van der Waals surface area (Å²) in [4.78, 5) is 2.29. The van der Waals surface area contributed by atoms with E-state index < -0.39 is 0 Å². The lowest BCUT2D eigenvalue weighted by molar-refractivity contribution is 0.209. The van der Waals surface area contributed by atoms with Crippen LogP contribution in [0.5, 0.6) is 0 Å². The van der Waals surface area contributed by atoms with Gasteiger partial charge in [-0.1, -0.05) is 32.9 Å². The second-order valence-corrected chi connectivity index (χ2v) is 6.02. The highest BCUT2D eigenvalue weighted by atomic mass is 35.5. The summed E-state index contributed by atoms with van der Waals surface area (Å²) in [6.45, 7) is 9.11. The van der Waals surface area contributed by atoms with E-state index >= 15 is 0 Å². The van der Waals surface area contributed by atoms with Crippen LogP contribution in [0.2, 0.25) is 0 Å². The molecular formula is C15H26ClFN2. The van der Waals surface area contributed by atoms with E-state index in [2.05, 4.69) is 32.7 Å². The second kappa shape index (κ2) is 7.83. The summed E-state index contributed by atoms with van der Waals surface area (Å²) in [5, 5.41) is 0. The molecule has 1 aromatic carbocycles. The molecule has 0 saturated heterocycles. The lowest BCUT2D eigenvalue weighted by Crippen LogP contribution is -2.38. The van der Waals surface area contributed by atoms with Crippen molar-refractivity contribution in [2.24, 2.45) is 11.1 Å². The summed E-state index contributed by atoms with van der Waals surface area (Å²) in [5.41, 5.74) is 7.06. The van der Waals surface area contributed by atoms with Gasteiger partial charge in [0.15, 0.2) is 0 Å². The molecule has 0 aliphatic carbocycles. The molecule has 1 aromatic rings. The first-order valence-corrected chi connectivity index (χ1v) is 6.48. The first-order chi connectivity index (χ1) is 8.34. The summed E-state index contributed by atoms with van der Waals surface area (Å²) in [7, 11) is 2.11. The SMILES string of the molecule is CC(CN(C)CC(C)(C)CN)c1ccc(F)cc1.Cl. The molecule has 110 valence electrons. The lowest BCUT2D eigenvalue weighted by Gasteiger charge is -2.30. The fourth-order valence-corrected chi connectivity index (χ4v) is 2.22. The van der Waals surface area contributed by atoms with Gasteiger partial charge in [0.05, 0.1) is 0 Å². The number of rotatable bonds is 6. The van der Waals surface area contributed by atoms with Gasteiger partial charge in [0.2, 0.25) is 0 Å². The van der Waals surface area contributed by atoms with Crippen molar-refractivity contribution in [2.45, 2.75) is 26.7 Å². The average Bonchev–Trinajstić information content (AvgIpc) is 2.29. The molecule has 4 heteroatoms. The van der Waals surface area contributed by atoms with Crippen LogP contribution < -0.4 is 5.73 Å². The molecule has 0 radical (unpaired) electrons. The smallest absolute Gasteiger partial charge is 0.123 e. The average molecular weight is 289 g/mol. The molecule has 0 fully saturated rings. The van der Waals surface area contributed by atoms with Gasteiger partial charge in [-0.25, -0.2) is 4.39 Å². The summed E-state index contributed by atoms with van der Waals surface area (Å²) >= 11 is 0. The molecule has 0 aromatic heterocycles. The Balaban J connectivity index is 0.00000324. The third kappa shape index (κ3) is 6.37. The normalized spacial score (nSPS) is 13.2. The van der Waals surface area contributed by atoms with Crippen LogP contribution in [-0.2, 0) is 0 Å². The number of hydrogen-bond acceptors (Lipinski definition) is 2. The van der Waals surface area contributed by atoms with E-state index in [1.54, 1.807) is 0 Å². The number of nitrogens with two attached hydrogens (primary N) is 1. The number of likely N-dealkylation sites (N-methyl/N-ethyl adjacent to an activating group) is 1. The van der Waals surface area contributed by atoms with Crippen LogP contribution in [0.4, 0.5) is 4.39 Å². The van der Waals surface area contributed by atoms with Gasteiger partial charge in [-0.05, 0) is 42.6 Å². The van der Waals surface area contributed by atoms with E-state index in [-0.39, 0.29) is 23.6 Å². The standard InChI is InChI=1S/C15H25FN2.ClH/c1-12(13-5-7-14(16)8-6-13)9-18(4)11-15(2,3)10-17;/h5-8,12H,9-11,17H2,1-4H3;1H. The summed E-state index contributed by atoms with van der Waals surface area (Å²) in [6, 6.07) is 6.77. The first-order valence-electron chi connectivity index (χ1n) is 6.48. The summed E-state index contributed by atoms with van der Waals surface area (Å²) in [5.74, 6) is 0.216. The van der Waals surface area contributed by atoms with Gasteiger partial charge in [-0.15, -0.1) is 12.4 Å². The van der Waals surface area contributed by atoms with E-state index in [4.69, 9.17) is 5.73 Å². The predicted octanol–water partition coefficient (Wildman–Crippen LogP) is 3.27.